The molecule has 1 fully saturated rings. The van der Waals surface area contributed by atoms with Crippen LogP contribution in [0.3, 0.4) is 0 Å². The highest BCUT2D eigenvalue weighted by atomic mass is 16.5. The number of aryl methyl sites for hydroxylation is 2. The summed E-state index contributed by atoms with van der Waals surface area (Å²) in [6.07, 6.45) is 0.153. The van der Waals surface area contributed by atoms with E-state index >= 15 is 0 Å². The standard InChI is InChI=1S/C20H26N4O4/c1-14-11-17(22-23(14)2)20(26)24-13-16(28-15-7-5-4-6-8-15)12-18(24)19(25)21-9-10-27-3/h4-8,11,16,18H,9-10,12-13H2,1-3H3,(H,21,25). The van der Waals surface area contributed by atoms with Gasteiger partial charge in [-0.25, -0.2) is 0 Å². The highest BCUT2D eigenvalue weighted by Crippen LogP contribution is 2.25. The van der Waals surface area contributed by atoms with Gasteiger partial charge in [-0.3, -0.25) is 14.3 Å². The van der Waals surface area contributed by atoms with Gasteiger partial charge in [0.05, 0.1) is 13.2 Å². The molecule has 2 unspecified atom stereocenters. The Morgan fingerprint density at radius 1 is 1.29 bits per heavy atom. The van der Waals surface area contributed by atoms with Gasteiger partial charge in [-0.15, -0.1) is 0 Å². The predicted octanol–water partition coefficient (Wildman–Crippen LogP) is 1.15. The number of carbonyl (C=O) groups is 2. The lowest BCUT2D eigenvalue weighted by atomic mass is 10.1. The van der Waals surface area contributed by atoms with Gasteiger partial charge in [0.25, 0.3) is 5.91 Å². The number of likely N-dealkylation sites (tertiary alicyclic amines) is 1. The molecule has 2 atom stereocenters. The van der Waals surface area contributed by atoms with Crippen LogP contribution in [0.5, 0.6) is 5.75 Å². The van der Waals surface area contributed by atoms with Crippen LogP contribution in [0.4, 0.5) is 0 Å². The average molecular weight is 386 g/mol. The van der Waals surface area contributed by atoms with Crippen LogP contribution in [0.15, 0.2) is 36.4 Å². The summed E-state index contributed by atoms with van der Waals surface area (Å²) < 4.78 is 12.6. The molecule has 150 valence electrons. The van der Waals surface area contributed by atoms with Crippen molar-refractivity contribution in [2.75, 3.05) is 26.8 Å². The van der Waals surface area contributed by atoms with Crippen molar-refractivity contribution in [3.8, 4) is 5.75 Å². The molecule has 0 bridgehead atoms. The van der Waals surface area contributed by atoms with Gasteiger partial charge in [0.15, 0.2) is 5.69 Å². The Kier molecular flexibility index (Phi) is 6.30. The Morgan fingerprint density at radius 3 is 2.68 bits per heavy atom. The van der Waals surface area contributed by atoms with E-state index in [0.717, 1.165) is 5.69 Å². The summed E-state index contributed by atoms with van der Waals surface area (Å²) >= 11 is 0. The molecule has 1 aromatic heterocycles. The highest BCUT2D eigenvalue weighted by Gasteiger charge is 2.41. The molecule has 1 aromatic carbocycles. The number of carbonyl (C=O) groups excluding carboxylic acids is 2. The second-order valence-corrected chi connectivity index (χ2v) is 6.84. The minimum atomic E-state index is -0.611. The van der Waals surface area contributed by atoms with Crippen LogP contribution in [-0.2, 0) is 16.6 Å². The summed E-state index contributed by atoms with van der Waals surface area (Å²) in [5, 5.41) is 7.09. The topological polar surface area (TPSA) is 85.7 Å². The Labute approximate surface area is 164 Å². The molecule has 1 N–H and O–H groups in total. The van der Waals surface area contributed by atoms with E-state index in [-0.39, 0.29) is 17.9 Å². The van der Waals surface area contributed by atoms with Crippen molar-refractivity contribution in [1.29, 1.82) is 0 Å². The summed E-state index contributed by atoms with van der Waals surface area (Å²) in [6.45, 7) is 3.01. The van der Waals surface area contributed by atoms with Crippen molar-refractivity contribution in [1.82, 2.24) is 20.0 Å². The van der Waals surface area contributed by atoms with Gasteiger partial charge in [-0.1, -0.05) is 18.2 Å². The first-order chi connectivity index (χ1) is 13.5. The minimum Gasteiger partial charge on any atom is -0.488 e. The third-order valence-corrected chi connectivity index (χ3v) is 4.81. The molecule has 28 heavy (non-hydrogen) atoms. The molecule has 8 heteroatoms. The second-order valence-electron chi connectivity index (χ2n) is 6.84. The molecule has 0 radical (unpaired) electrons. The largest absolute Gasteiger partial charge is 0.488 e. The fourth-order valence-electron chi connectivity index (χ4n) is 3.25. The van der Waals surface area contributed by atoms with Crippen LogP contribution in [0.2, 0.25) is 0 Å². The zero-order valence-corrected chi connectivity index (χ0v) is 16.4. The maximum atomic E-state index is 13.0. The number of benzene rings is 1. The van der Waals surface area contributed by atoms with E-state index < -0.39 is 6.04 Å². The maximum Gasteiger partial charge on any atom is 0.275 e. The Balaban J connectivity index is 1.76. The van der Waals surface area contributed by atoms with Crippen molar-refractivity contribution in [2.45, 2.75) is 25.5 Å². The molecule has 0 saturated carbocycles. The number of nitrogens with one attached hydrogen (secondary N) is 1. The zero-order chi connectivity index (χ0) is 20.1. The van der Waals surface area contributed by atoms with Gasteiger partial charge in [0.1, 0.15) is 17.9 Å². The number of rotatable bonds is 7. The fourth-order valence-corrected chi connectivity index (χ4v) is 3.25. The Morgan fingerprint density at radius 2 is 2.04 bits per heavy atom. The quantitative estimate of drug-likeness (QED) is 0.722. The number of amides is 2. The van der Waals surface area contributed by atoms with Gasteiger partial charge in [0.2, 0.25) is 5.91 Å². The van der Waals surface area contributed by atoms with E-state index in [2.05, 4.69) is 10.4 Å². The summed E-state index contributed by atoms with van der Waals surface area (Å²) in [5.74, 6) is 0.237. The van der Waals surface area contributed by atoms with Crippen LogP contribution in [0.1, 0.15) is 22.6 Å². The molecule has 1 saturated heterocycles. The van der Waals surface area contributed by atoms with Gasteiger partial charge >= 0.3 is 0 Å². The summed E-state index contributed by atoms with van der Waals surface area (Å²) in [6, 6.07) is 10.5. The number of hydrogen-bond acceptors (Lipinski definition) is 5. The van der Waals surface area contributed by atoms with Crippen molar-refractivity contribution < 1.29 is 19.1 Å². The normalized spacial score (nSPS) is 18.9. The smallest absolute Gasteiger partial charge is 0.275 e. The summed E-state index contributed by atoms with van der Waals surface area (Å²) in [7, 11) is 3.36. The first-order valence-corrected chi connectivity index (χ1v) is 9.29. The molecule has 1 aliphatic rings. The van der Waals surface area contributed by atoms with Crippen LogP contribution >= 0.6 is 0 Å². The van der Waals surface area contributed by atoms with E-state index in [1.807, 2.05) is 37.3 Å². The lowest BCUT2D eigenvalue weighted by molar-refractivity contribution is -0.125. The third kappa shape index (κ3) is 4.51. The molecule has 2 heterocycles. The van der Waals surface area contributed by atoms with Crippen molar-refractivity contribution >= 4 is 11.8 Å². The molecular weight excluding hydrogens is 360 g/mol. The number of aromatic nitrogens is 2. The maximum absolute atomic E-state index is 13.0. The van der Waals surface area contributed by atoms with Gasteiger partial charge < -0.3 is 19.7 Å². The lowest BCUT2D eigenvalue weighted by Gasteiger charge is -2.22. The van der Waals surface area contributed by atoms with Gasteiger partial charge in [-0.05, 0) is 25.1 Å². The van der Waals surface area contributed by atoms with Gasteiger partial charge in [0, 0.05) is 32.8 Å². The average Bonchev–Trinajstić information content (AvgIpc) is 3.26. The SMILES string of the molecule is COCCNC(=O)C1CC(Oc2ccccc2)CN1C(=O)c1cc(C)n(C)n1. The monoisotopic (exact) mass is 386 g/mol. The second kappa shape index (κ2) is 8.88. The van der Waals surface area contributed by atoms with Gasteiger partial charge in [-0.2, -0.15) is 5.10 Å². The number of ether oxygens (including phenoxy) is 2. The van der Waals surface area contributed by atoms with E-state index in [1.165, 1.54) is 0 Å². The first kappa shape index (κ1) is 19.9. The van der Waals surface area contributed by atoms with Crippen LogP contribution in [-0.4, -0.2) is 65.4 Å². The van der Waals surface area contributed by atoms with Crippen molar-refractivity contribution in [2.24, 2.45) is 7.05 Å². The molecule has 1 aliphatic heterocycles. The van der Waals surface area contributed by atoms with Crippen LogP contribution in [0, 0.1) is 6.92 Å². The van der Waals surface area contributed by atoms with Crippen LogP contribution in [0.25, 0.3) is 0 Å². The van der Waals surface area contributed by atoms with E-state index in [0.29, 0.717) is 37.6 Å². The zero-order valence-electron chi connectivity index (χ0n) is 16.4. The van der Waals surface area contributed by atoms with Crippen LogP contribution < -0.4 is 10.1 Å². The van der Waals surface area contributed by atoms with Crippen molar-refractivity contribution in [3.63, 3.8) is 0 Å². The number of nitrogens with zero attached hydrogens (tertiary/aromatic N) is 3. The summed E-state index contributed by atoms with van der Waals surface area (Å²) in [5.41, 5.74) is 1.20. The lowest BCUT2D eigenvalue weighted by Crippen LogP contribution is -2.46. The molecule has 2 aromatic rings. The van der Waals surface area contributed by atoms with E-state index in [1.54, 1.807) is 29.8 Å². The minimum absolute atomic E-state index is 0.211. The summed E-state index contributed by atoms with van der Waals surface area (Å²) in [4.78, 5) is 27.3. The highest BCUT2D eigenvalue weighted by molar-refractivity contribution is 5.96. The molecule has 2 amide bonds. The van der Waals surface area contributed by atoms with E-state index in [9.17, 15) is 9.59 Å². The number of para-hydroxylation sites is 1. The third-order valence-electron chi connectivity index (χ3n) is 4.81. The Bertz CT molecular complexity index is 801. The molecule has 3 rings (SSSR count). The molecule has 0 spiro atoms. The number of hydrogen-bond donors (Lipinski definition) is 1. The fraction of sp³-hybridized carbons (Fsp3) is 0.450. The molecule has 8 nitrogen and oxygen atoms in total. The number of methoxy groups -OCH3 is 1. The molecule has 0 aliphatic carbocycles. The first-order valence-electron chi connectivity index (χ1n) is 9.29. The van der Waals surface area contributed by atoms with Crippen molar-refractivity contribution in [3.05, 3.63) is 47.8 Å². The predicted molar refractivity (Wildman–Crippen MR) is 103 cm³/mol. The molecular formula is C20H26N4O4. The Hall–Kier alpha value is -2.87. The van der Waals surface area contributed by atoms with E-state index in [4.69, 9.17) is 9.47 Å².